The van der Waals surface area contributed by atoms with Crippen LogP contribution in [0.4, 0.5) is 9.52 Å². The van der Waals surface area contributed by atoms with Crippen LogP contribution in [0.3, 0.4) is 0 Å². The second kappa shape index (κ2) is 7.69. The minimum atomic E-state index is -0.333. The van der Waals surface area contributed by atoms with Crippen molar-refractivity contribution in [1.29, 1.82) is 0 Å². The largest absolute Gasteiger partial charge is 0.305 e. The molecule has 2 aromatic heterocycles. The summed E-state index contributed by atoms with van der Waals surface area (Å²) in [5.74, 6) is 0.213. The fourth-order valence-corrected chi connectivity index (χ4v) is 4.42. The molecule has 142 valence electrons. The van der Waals surface area contributed by atoms with E-state index in [9.17, 15) is 9.18 Å². The Hall–Kier alpha value is -2.78. The number of fused-ring (bicyclic) bond motifs is 1. The summed E-state index contributed by atoms with van der Waals surface area (Å²) in [6, 6.07) is 12.1. The molecule has 1 N–H and O–H groups in total. The van der Waals surface area contributed by atoms with Crippen LogP contribution in [-0.2, 0) is 11.8 Å². The number of hydrogen-bond acceptors (Lipinski definition) is 6. The van der Waals surface area contributed by atoms with Gasteiger partial charge in [0, 0.05) is 12.6 Å². The van der Waals surface area contributed by atoms with Crippen LogP contribution in [0.1, 0.15) is 5.56 Å². The van der Waals surface area contributed by atoms with Crippen LogP contribution in [0, 0.1) is 12.7 Å². The first-order valence-electron chi connectivity index (χ1n) is 8.45. The van der Waals surface area contributed by atoms with Crippen molar-refractivity contribution in [2.45, 2.75) is 12.1 Å². The van der Waals surface area contributed by atoms with Crippen molar-refractivity contribution in [3.05, 3.63) is 53.8 Å². The maximum absolute atomic E-state index is 13.4. The monoisotopic (exact) mass is 413 g/mol. The first-order valence-corrected chi connectivity index (χ1v) is 10.3. The molecular formula is C19H16FN5OS2. The van der Waals surface area contributed by atoms with E-state index >= 15 is 0 Å². The van der Waals surface area contributed by atoms with Gasteiger partial charge < -0.3 is 9.88 Å². The minimum Gasteiger partial charge on any atom is -0.305 e. The van der Waals surface area contributed by atoms with E-state index < -0.39 is 0 Å². The topological polar surface area (TPSA) is 72.7 Å². The van der Waals surface area contributed by atoms with E-state index in [1.54, 1.807) is 23.7 Å². The van der Waals surface area contributed by atoms with Crippen molar-refractivity contribution in [3.8, 4) is 11.4 Å². The molecule has 0 aliphatic heterocycles. The van der Waals surface area contributed by atoms with Crippen LogP contribution < -0.4 is 5.32 Å². The van der Waals surface area contributed by atoms with Crippen LogP contribution in [0.25, 0.3) is 21.6 Å². The number of para-hydroxylation sites is 1. The van der Waals surface area contributed by atoms with Crippen molar-refractivity contribution in [3.63, 3.8) is 0 Å². The first-order chi connectivity index (χ1) is 13.5. The highest BCUT2D eigenvalue weighted by Gasteiger charge is 2.14. The fraction of sp³-hybridized carbons (Fsp3) is 0.158. The number of benzene rings is 2. The number of halogens is 1. The van der Waals surface area contributed by atoms with Crippen molar-refractivity contribution in [1.82, 2.24) is 19.7 Å². The number of carbonyl (C=O) groups is 1. The predicted octanol–water partition coefficient (Wildman–Crippen LogP) is 4.27. The number of carbonyl (C=O) groups excluding carboxylic acids is 1. The number of nitrogens with zero attached hydrogens (tertiary/aromatic N) is 4. The molecule has 0 fully saturated rings. The zero-order valence-corrected chi connectivity index (χ0v) is 16.8. The molecule has 6 nitrogen and oxygen atoms in total. The molecule has 0 saturated heterocycles. The van der Waals surface area contributed by atoms with Gasteiger partial charge in [-0.3, -0.25) is 4.79 Å². The van der Waals surface area contributed by atoms with E-state index in [2.05, 4.69) is 20.5 Å². The van der Waals surface area contributed by atoms with Gasteiger partial charge in [0.2, 0.25) is 5.91 Å². The number of anilines is 1. The van der Waals surface area contributed by atoms with Gasteiger partial charge in [0.05, 0.1) is 16.0 Å². The highest BCUT2D eigenvalue weighted by atomic mass is 32.2. The summed E-state index contributed by atoms with van der Waals surface area (Å²) in [7, 11) is 1.79. The maximum Gasteiger partial charge on any atom is 0.236 e. The summed E-state index contributed by atoms with van der Waals surface area (Å²) in [5, 5.41) is 12.2. The van der Waals surface area contributed by atoms with Gasteiger partial charge in [-0.25, -0.2) is 9.37 Å². The first kappa shape index (κ1) is 18.6. The minimum absolute atomic E-state index is 0.169. The molecule has 0 bridgehead atoms. The van der Waals surface area contributed by atoms with Gasteiger partial charge in [-0.15, -0.1) is 10.2 Å². The van der Waals surface area contributed by atoms with E-state index in [0.29, 0.717) is 21.7 Å². The summed E-state index contributed by atoms with van der Waals surface area (Å²) >= 11 is 2.71. The average Bonchev–Trinajstić information content (AvgIpc) is 3.24. The SMILES string of the molecule is Cc1cccc2sc(NC(=O)CSc3nnc(-c4cccc(F)c4)n3C)nc12. The molecule has 0 radical (unpaired) electrons. The molecule has 0 aliphatic rings. The molecule has 9 heteroatoms. The summed E-state index contributed by atoms with van der Waals surface area (Å²) < 4.78 is 16.2. The molecule has 1 amide bonds. The van der Waals surface area contributed by atoms with Gasteiger partial charge in [0.1, 0.15) is 5.82 Å². The van der Waals surface area contributed by atoms with Gasteiger partial charge in [-0.2, -0.15) is 0 Å². The Kier molecular flexibility index (Phi) is 5.10. The van der Waals surface area contributed by atoms with Gasteiger partial charge in [0.25, 0.3) is 0 Å². The number of hydrogen-bond donors (Lipinski definition) is 1. The second-order valence-electron chi connectivity index (χ2n) is 6.15. The highest BCUT2D eigenvalue weighted by molar-refractivity contribution is 7.99. The van der Waals surface area contributed by atoms with Crippen LogP contribution in [0.2, 0.25) is 0 Å². The molecule has 0 saturated carbocycles. The van der Waals surface area contributed by atoms with Gasteiger partial charge in [0.15, 0.2) is 16.1 Å². The summed E-state index contributed by atoms with van der Waals surface area (Å²) in [6.45, 7) is 1.99. The highest BCUT2D eigenvalue weighted by Crippen LogP contribution is 2.28. The van der Waals surface area contributed by atoms with Crippen molar-refractivity contribution < 1.29 is 9.18 Å². The average molecular weight is 414 g/mol. The zero-order valence-electron chi connectivity index (χ0n) is 15.1. The van der Waals surface area contributed by atoms with Crippen molar-refractivity contribution >= 4 is 44.4 Å². The molecule has 2 heterocycles. The Balaban J connectivity index is 1.43. The van der Waals surface area contributed by atoms with E-state index in [-0.39, 0.29) is 17.5 Å². The fourth-order valence-electron chi connectivity index (χ4n) is 2.74. The van der Waals surface area contributed by atoms with E-state index in [1.807, 2.05) is 25.1 Å². The molecule has 2 aromatic carbocycles. The standard InChI is InChI=1S/C19H16FN5OS2/c1-11-5-3-8-14-16(11)22-18(28-14)21-15(26)10-27-19-24-23-17(25(19)2)12-6-4-7-13(20)9-12/h3-9H,10H2,1-2H3,(H,21,22,26). The third-order valence-corrected chi connectivity index (χ3v) is 6.07. The lowest BCUT2D eigenvalue weighted by atomic mass is 10.2. The Morgan fingerprint density at radius 2 is 2.07 bits per heavy atom. The summed E-state index contributed by atoms with van der Waals surface area (Å²) in [5.41, 5.74) is 2.62. The Morgan fingerprint density at radius 1 is 1.25 bits per heavy atom. The smallest absolute Gasteiger partial charge is 0.236 e. The lowest BCUT2D eigenvalue weighted by molar-refractivity contribution is -0.113. The predicted molar refractivity (Wildman–Crippen MR) is 110 cm³/mol. The van der Waals surface area contributed by atoms with Crippen LogP contribution in [0.5, 0.6) is 0 Å². The Bertz CT molecular complexity index is 1170. The van der Waals surface area contributed by atoms with Gasteiger partial charge in [-0.05, 0) is 30.7 Å². The summed E-state index contributed by atoms with van der Waals surface area (Å²) in [6.07, 6.45) is 0. The number of aromatic nitrogens is 4. The van der Waals surface area contributed by atoms with Gasteiger partial charge >= 0.3 is 0 Å². The maximum atomic E-state index is 13.4. The van der Waals surface area contributed by atoms with E-state index in [1.165, 1.54) is 35.2 Å². The van der Waals surface area contributed by atoms with Gasteiger partial charge in [-0.1, -0.05) is 47.4 Å². The molecule has 4 aromatic rings. The van der Waals surface area contributed by atoms with Crippen LogP contribution >= 0.6 is 23.1 Å². The Labute approximate surface area is 168 Å². The number of rotatable bonds is 5. The van der Waals surface area contributed by atoms with E-state index in [4.69, 9.17) is 0 Å². The normalized spacial score (nSPS) is 11.1. The zero-order chi connectivity index (χ0) is 19.7. The lowest BCUT2D eigenvalue weighted by Gasteiger charge is -2.04. The van der Waals surface area contributed by atoms with Crippen LogP contribution in [0.15, 0.2) is 47.6 Å². The third kappa shape index (κ3) is 3.76. The third-order valence-electron chi connectivity index (χ3n) is 4.12. The van der Waals surface area contributed by atoms with E-state index in [0.717, 1.165) is 15.8 Å². The lowest BCUT2D eigenvalue weighted by Crippen LogP contribution is -2.14. The van der Waals surface area contributed by atoms with Crippen LogP contribution in [-0.4, -0.2) is 31.4 Å². The molecule has 0 aliphatic carbocycles. The van der Waals surface area contributed by atoms with Crippen molar-refractivity contribution in [2.24, 2.45) is 7.05 Å². The quantitative estimate of drug-likeness (QED) is 0.495. The number of thioether (sulfide) groups is 1. The molecule has 0 unspecified atom stereocenters. The number of nitrogens with one attached hydrogen (secondary N) is 1. The second-order valence-corrected chi connectivity index (χ2v) is 8.13. The molecular weight excluding hydrogens is 397 g/mol. The Morgan fingerprint density at radius 3 is 2.86 bits per heavy atom. The van der Waals surface area contributed by atoms with Crippen molar-refractivity contribution in [2.75, 3.05) is 11.1 Å². The summed E-state index contributed by atoms with van der Waals surface area (Å²) in [4.78, 5) is 16.8. The molecule has 0 atom stereocenters. The molecule has 0 spiro atoms. The number of aryl methyl sites for hydroxylation is 1. The number of thiazole rings is 1. The molecule has 4 rings (SSSR count). The number of amides is 1. The molecule has 28 heavy (non-hydrogen) atoms.